The van der Waals surface area contributed by atoms with Crippen LogP contribution in [0.15, 0.2) is 65.3 Å². The second-order valence-electron chi connectivity index (χ2n) is 6.72. The summed E-state index contributed by atoms with van der Waals surface area (Å²) in [6.45, 7) is 2.03. The first-order valence-corrected chi connectivity index (χ1v) is 10.9. The third-order valence-corrected chi connectivity index (χ3v) is 4.78. The number of carbonyl (C=O) groups excluding carboxylic acids is 2. The fourth-order valence-corrected chi connectivity index (χ4v) is 3.29. The van der Waals surface area contributed by atoms with Crippen LogP contribution < -0.4 is 15.4 Å². The van der Waals surface area contributed by atoms with Gasteiger partial charge in [-0.1, -0.05) is 18.2 Å². The van der Waals surface area contributed by atoms with Crippen molar-refractivity contribution in [2.45, 2.75) is 13.5 Å². The Morgan fingerprint density at radius 2 is 1.80 bits per heavy atom. The van der Waals surface area contributed by atoms with Crippen molar-refractivity contribution in [3.05, 3.63) is 83.3 Å². The number of furan rings is 1. The van der Waals surface area contributed by atoms with E-state index < -0.39 is 15.9 Å². The van der Waals surface area contributed by atoms with Crippen molar-refractivity contribution >= 4 is 33.2 Å². The van der Waals surface area contributed by atoms with Crippen molar-refractivity contribution in [1.29, 1.82) is 0 Å². The van der Waals surface area contributed by atoms with E-state index in [1.54, 1.807) is 54.6 Å². The average molecular weight is 427 g/mol. The molecule has 2 amide bonds. The molecule has 0 saturated heterocycles. The summed E-state index contributed by atoms with van der Waals surface area (Å²) in [5.74, 6) is -0.562. The lowest BCUT2D eigenvalue weighted by molar-refractivity contribution is 0.0949. The van der Waals surface area contributed by atoms with Crippen molar-refractivity contribution in [2.24, 2.45) is 0 Å². The van der Waals surface area contributed by atoms with Crippen LogP contribution in [0.25, 0.3) is 0 Å². The Bertz CT molecular complexity index is 1170. The summed E-state index contributed by atoms with van der Waals surface area (Å²) < 4.78 is 30.2. The largest absolute Gasteiger partial charge is 0.459 e. The van der Waals surface area contributed by atoms with Crippen LogP contribution in [0.5, 0.6) is 0 Å². The van der Waals surface area contributed by atoms with Crippen LogP contribution >= 0.6 is 0 Å². The minimum atomic E-state index is -3.38. The molecule has 2 aromatic carbocycles. The van der Waals surface area contributed by atoms with Gasteiger partial charge < -0.3 is 15.1 Å². The Hall–Kier alpha value is -3.59. The highest BCUT2D eigenvalue weighted by Gasteiger charge is 2.13. The van der Waals surface area contributed by atoms with Gasteiger partial charge in [0, 0.05) is 23.5 Å². The van der Waals surface area contributed by atoms with Gasteiger partial charge in [-0.05, 0) is 54.4 Å². The maximum atomic E-state index is 12.6. The van der Waals surface area contributed by atoms with Gasteiger partial charge in [-0.2, -0.15) is 0 Å². The summed E-state index contributed by atoms with van der Waals surface area (Å²) in [5, 5.41) is 5.52. The predicted molar refractivity (Wildman–Crippen MR) is 114 cm³/mol. The molecule has 156 valence electrons. The van der Waals surface area contributed by atoms with Gasteiger partial charge in [0.25, 0.3) is 11.8 Å². The van der Waals surface area contributed by atoms with E-state index in [0.717, 1.165) is 17.4 Å². The Labute approximate surface area is 174 Å². The number of benzene rings is 2. The first-order valence-electron chi connectivity index (χ1n) is 9.02. The number of sulfonamides is 1. The summed E-state index contributed by atoms with van der Waals surface area (Å²) in [5.41, 5.74) is 2.83. The third-order valence-electron chi connectivity index (χ3n) is 4.18. The van der Waals surface area contributed by atoms with Crippen LogP contribution in [0.4, 0.5) is 11.4 Å². The zero-order chi connectivity index (χ0) is 21.7. The maximum absolute atomic E-state index is 12.6. The monoisotopic (exact) mass is 427 g/mol. The van der Waals surface area contributed by atoms with Crippen molar-refractivity contribution in [2.75, 3.05) is 16.3 Å². The molecule has 8 nitrogen and oxygen atoms in total. The van der Waals surface area contributed by atoms with Crippen LogP contribution in [0, 0.1) is 6.92 Å². The first-order chi connectivity index (χ1) is 14.2. The Morgan fingerprint density at radius 3 is 2.50 bits per heavy atom. The zero-order valence-electron chi connectivity index (χ0n) is 16.4. The van der Waals surface area contributed by atoms with E-state index >= 15 is 0 Å². The standard InChI is InChI=1S/C21H21N3O5S/c1-14-8-9-16(12-18(14)23-21(26)19-7-4-10-29-19)20(25)22-13-15-5-3-6-17(11-15)24-30(2,27)28/h3-12,24H,13H2,1-2H3,(H,22,25)(H,23,26). The van der Waals surface area contributed by atoms with Crippen LogP contribution in [0.1, 0.15) is 32.0 Å². The van der Waals surface area contributed by atoms with E-state index in [9.17, 15) is 18.0 Å². The quantitative estimate of drug-likeness (QED) is 0.535. The molecular weight excluding hydrogens is 406 g/mol. The van der Waals surface area contributed by atoms with Crippen molar-refractivity contribution < 1.29 is 22.4 Å². The number of amides is 2. The molecule has 3 N–H and O–H groups in total. The van der Waals surface area contributed by atoms with E-state index in [1.165, 1.54) is 6.26 Å². The number of hydrogen-bond acceptors (Lipinski definition) is 5. The van der Waals surface area contributed by atoms with Gasteiger partial charge in [-0.25, -0.2) is 8.42 Å². The molecule has 3 aromatic rings. The number of rotatable bonds is 7. The molecule has 1 heterocycles. The second kappa shape index (κ2) is 8.83. The SMILES string of the molecule is Cc1ccc(C(=O)NCc2cccc(NS(C)(=O)=O)c2)cc1NC(=O)c1ccco1. The highest BCUT2D eigenvalue weighted by Crippen LogP contribution is 2.19. The van der Waals surface area contributed by atoms with Crippen molar-refractivity contribution in [1.82, 2.24) is 5.32 Å². The van der Waals surface area contributed by atoms with Crippen molar-refractivity contribution in [3.63, 3.8) is 0 Å². The first kappa shape index (κ1) is 21.1. The van der Waals surface area contributed by atoms with Crippen LogP contribution in [-0.2, 0) is 16.6 Å². The molecule has 0 aliphatic heterocycles. The fraction of sp³-hybridized carbons (Fsp3) is 0.143. The molecule has 0 atom stereocenters. The van der Waals surface area contributed by atoms with Crippen LogP contribution in [0.2, 0.25) is 0 Å². The Kier molecular flexibility index (Phi) is 6.22. The van der Waals surface area contributed by atoms with Gasteiger partial charge in [-0.15, -0.1) is 0 Å². The number of anilines is 2. The molecule has 0 radical (unpaired) electrons. The molecule has 30 heavy (non-hydrogen) atoms. The number of aryl methyl sites for hydroxylation is 1. The van der Waals surface area contributed by atoms with Gasteiger partial charge in [0.15, 0.2) is 5.76 Å². The molecule has 0 aliphatic carbocycles. The van der Waals surface area contributed by atoms with Gasteiger partial charge in [0.2, 0.25) is 10.0 Å². The Morgan fingerprint density at radius 1 is 1.00 bits per heavy atom. The van der Waals surface area contributed by atoms with E-state index in [2.05, 4.69) is 15.4 Å². The minimum Gasteiger partial charge on any atom is -0.459 e. The van der Waals surface area contributed by atoms with Gasteiger partial charge in [-0.3, -0.25) is 14.3 Å². The number of carbonyl (C=O) groups is 2. The third kappa shape index (κ3) is 5.71. The van der Waals surface area contributed by atoms with E-state index in [4.69, 9.17) is 4.42 Å². The molecular formula is C21H21N3O5S. The second-order valence-corrected chi connectivity index (χ2v) is 8.47. The van der Waals surface area contributed by atoms with Crippen molar-refractivity contribution in [3.8, 4) is 0 Å². The zero-order valence-corrected chi connectivity index (χ0v) is 17.2. The topological polar surface area (TPSA) is 118 Å². The van der Waals surface area contributed by atoms with Gasteiger partial charge in [0.05, 0.1) is 12.5 Å². The lowest BCUT2D eigenvalue weighted by Crippen LogP contribution is -2.23. The minimum absolute atomic E-state index is 0.173. The van der Waals surface area contributed by atoms with Crippen LogP contribution in [-0.4, -0.2) is 26.5 Å². The highest BCUT2D eigenvalue weighted by molar-refractivity contribution is 7.92. The molecule has 0 saturated carbocycles. The fourth-order valence-electron chi connectivity index (χ4n) is 2.73. The molecule has 0 unspecified atom stereocenters. The van der Waals surface area contributed by atoms with Gasteiger partial charge >= 0.3 is 0 Å². The molecule has 3 rings (SSSR count). The molecule has 0 bridgehead atoms. The summed E-state index contributed by atoms with van der Waals surface area (Å²) in [6, 6.07) is 14.9. The summed E-state index contributed by atoms with van der Waals surface area (Å²) in [4.78, 5) is 24.8. The number of nitrogens with one attached hydrogen (secondary N) is 3. The summed E-state index contributed by atoms with van der Waals surface area (Å²) >= 11 is 0. The summed E-state index contributed by atoms with van der Waals surface area (Å²) in [6.07, 6.45) is 2.48. The maximum Gasteiger partial charge on any atom is 0.291 e. The molecule has 0 fully saturated rings. The van der Waals surface area contributed by atoms with E-state index in [1.807, 2.05) is 6.92 Å². The van der Waals surface area contributed by atoms with E-state index in [0.29, 0.717) is 16.9 Å². The van der Waals surface area contributed by atoms with E-state index in [-0.39, 0.29) is 18.2 Å². The molecule has 1 aromatic heterocycles. The predicted octanol–water partition coefficient (Wildman–Crippen LogP) is 3.14. The lowest BCUT2D eigenvalue weighted by atomic mass is 10.1. The lowest BCUT2D eigenvalue weighted by Gasteiger charge is -2.11. The van der Waals surface area contributed by atoms with Crippen LogP contribution in [0.3, 0.4) is 0 Å². The normalized spacial score (nSPS) is 11.0. The smallest absolute Gasteiger partial charge is 0.291 e. The highest BCUT2D eigenvalue weighted by atomic mass is 32.2. The average Bonchev–Trinajstić information content (AvgIpc) is 3.22. The molecule has 0 spiro atoms. The molecule has 9 heteroatoms. The summed E-state index contributed by atoms with van der Waals surface area (Å²) in [7, 11) is -3.38. The number of hydrogen-bond donors (Lipinski definition) is 3. The molecule has 0 aliphatic rings. The Balaban J connectivity index is 1.67. The van der Waals surface area contributed by atoms with Gasteiger partial charge in [0.1, 0.15) is 0 Å².